The highest BCUT2D eigenvalue weighted by Gasteiger charge is 2.16. The van der Waals surface area contributed by atoms with Crippen molar-refractivity contribution >= 4 is 28.9 Å². The SMILES string of the molecule is O=C(O)c1nccnc1Sc1ncnc2nc[nH]c12. The first-order valence-electron chi connectivity index (χ1n) is 5.12. The molecule has 94 valence electrons. The number of fused-ring (bicyclic) bond motifs is 1. The molecular formula is C10H6N6O2S. The van der Waals surface area contributed by atoms with Crippen LogP contribution in [0.5, 0.6) is 0 Å². The molecule has 3 aromatic heterocycles. The van der Waals surface area contributed by atoms with Crippen molar-refractivity contribution in [2.24, 2.45) is 0 Å². The number of carboxylic acid groups (broad SMARTS) is 1. The van der Waals surface area contributed by atoms with E-state index in [4.69, 9.17) is 5.11 Å². The predicted octanol–water partition coefficient (Wildman–Crippen LogP) is 0.992. The fourth-order valence-electron chi connectivity index (χ4n) is 1.46. The molecule has 3 aromatic rings. The number of aromatic amines is 1. The van der Waals surface area contributed by atoms with E-state index < -0.39 is 5.97 Å². The molecule has 0 aliphatic rings. The second-order valence-electron chi connectivity index (χ2n) is 3.40. The molecule has 3 rings (SSSR count). The van der Waals surface area contributed by atoms with Crippen LogP contribution in [0, 0.1) is 0 Å². The Balaban J connectivity index is 2.06. The van der Waals surface area contributed by atoms with Crippen LogP contribution < -0.4 is 0 Å². The summed E-state index contributed by atoms with van der Waals surface area (Å²) in [6.07, 6.45) is 5.62. The van der Waals surface area contributed by atoms with Gasteiger partial charge in [-0.05, 0) is 11.8 Å². The monoisotopic (exact) mass is 274 g/mol. The summed E-state index contributed by atoms with van der Waals surface area (Å²) in [6, 6.07) is 0. The summed E-state index contributed by atoms with van der Waals surface area (Å²) in [7, 11) is 0. The average molecular weight is 274 g/mol. The van der Waals surface area contributed by atoms with Gasteiger partial charge in [-0.2, -0.15) is 0 Å². The maximum absolute atomic E-state index is 11.1. The smallest absolute Gasteiger partial charge is 0.357 e. The van der Waals surface area contributed by atoms with Crippen molar-refractivity contribution in [3.05, 3.63) is 30.7 Å². The quantitative estimate of drug-likeness (QED) is 0.679. The molecule has 0 aliphatic carbocycles. The maximum Gasteiger partial charge on any atom is 0.357 e. The van der Waals surface area contributed by atoms with Crippen LogP contribution in [-0.4, -0.2) is 41.0 Å². The molecule has 0 unspecified atom stereocenters. The lowest BCUT2D eigenvalue weighted by Crippen LogP contribution is -2.03. The van der Waals surface area contributed by atoms with Gasteiger partial charge in [-0.25, -0.2) is 29.7 Å². The van der Waals surface area contributed by atoms with Crippen molar-refractivity contribution in [2.45, 2.75) is 10.1 Å². The Kier molecular flexibility index (Phi) is 2.80. The average Bonchev–Trinajstić information content (AvgIpc) is 2.88. The Labute approximate surface area is 110 Å². The van der Waals surface area contributed by atoms with Crippen LogP contribution in [0.4, 0.5) is 0 Å². The Morgan fingerprint density at radius 2 is 1.95 bits per heavy atom. The molecule has 0 radical (unpaired) electrons. The van der Waals surface area contributed by atoms with E-state index in [0.717, 1.165) is 11.8 Å². The first-order chi connectivity index (χ1) is 9.25. The molecule has 0 aromatic carbocycles. The number of aromatic nitrogens is 6. The molecule has 8 nitrogen and oxygen atoms in total. The molecule has 0 fully saturated rings. The van der Waals surface area contributed by atoms with E-state index >= 15 is 0 Å². The second kappa shape index (κ2) is 4.61. The third-order valence-electron chi connectivity index (χ3n) is 2.25. The maximum atomic E-state index is 11.1. The van der Waals surface area contributed by atoms with Gasteiger partial charge in [0, 0.05) is 12.4 Å². The zero-order chi connectivity index (χ0) is 13.2. The summed E-state index contributed by atoms with van der Waals surface area (Å²) in [5, 5.41) is 9.86. The van der Waals surface area contributed by atoms with Gasteiger partial charge in [-0.15, -0.1) is 0 Å². The highest BCUT2D eigenvalue weighted by Crippen LogP contribution is 2.29. The van der Waals surface area contributed by atoms with E-state index in [1.54, 1.807) is 0 Å². The summed E-state index contributed by atoms with van der Waals surface area (Å²) in [4.78, 5) is 33.8. The first-order valence-corrected chi connectivity index (χ1v) is 5.93. The van der Waals surface area contributed by atoms with E-state index in [9.17, 15) is 4.79 Å². The zero-order valence-corrected chi connectivity index (χ0v) is 10.1. The minimum atomic E-state index is -1.13. The Hall–Kier alpha value is -2.55. The summed E-state index contributed by atoms with van der Waals surface area (Å²) in [5.41, 5.74) is 1.03. The van der Waals surface area contributed by atoms with E-state index in [-0.39, 0.29) is 10.7 Å². The number of hydrogen-bond acceptors (Lipinski definition) is 7. The van der Waals surface area contributed by atoms with Gasteiger partial charge in [0.15, 0.2) is 11.3 Å². The fraction of sp³-hybridized carbons (Fsp3) is 0. The first kappa shape index (κ1) is 11.5. The fourth-order valence-corrected chi connectivity index (χ4v) is 2.34. The van der Waals surface area contributed by atoms with Crippen molar-refractivity contribution in [1.29, 1.82) is 0 Å². The standard InChI is InChI=1S/C10H6N6O2S/c17-10(18)6-9(12-2-1-11-6)19-8-5-7(14-3-13-5)15-4-16-8/h1-4H,(H,17,18)(H,13,14,15,16). The van der Waals surface area contributed by atoms with Crippen LogP contribution in [0.1, 0.15) is 10.5 Å². The van der Waals surface area contributed by atoms with Gasteiger partial charge in [0.1, 0.15) is 21.9 Å². The second-order valence-corrected chi connectivity index (χ2v) is 4.37. The van der Waals surface area contributed by atoms with Crippen molar-refractivity contribution in [3.8, 4) is 0 Å². The van der Waals surface area contributed by atoms with Crippen LogP contribution in [0.25, 0.3) is 11.2 Å². The van der Waals surface area contributed by atoms with Gasteiger partial charge < -0.3 is 10.1 Å². The highest BCUT2D eigenvalue weighted by atomic mass is 32.2. The summed E-state index contributed by atoms with van der Waals surface area (Å²) in [6.45, 7) is 0. The van der Waals surface area contributed by atoms with Gasteiger partial charge >= 0.3 is 5.97 Å². The molecular weight excluding hydrogens is 268 g/mol. The molecule has 3 heterocycles. The third-order valence-corrected chi connectivity index (χ3v) is 3.24. The van der Waals surface area contributed by atoms with Crippen molar-refractivity contribution in [3.63, 3.8) is 0 Å². The molecule has 0 bridgehead atoms. The number of carboxylic acids is 1. The molecule has 0 aliphatic heterocycles. The number of H-pyrrole nitrogens is 1. The predicted molar refractivity (Wildman–Crippen MR) is 64.8 cm³/mol. The van der Waals surface area contributed by atoms with Gasteiger partial charge in [0.05, 0.1) is 6.33 Å². The highest BCUT2D eigenvalue weighted by molar-refractivity contribution is 7.99. The molecule has 19 heavy (non-hydrogen) atoms. The molecule has 0 spiro atoms. The lowest BCUT2D eigenvalue weighted by Gasteiger charge is -2.02. The van der Waals surface area contributed by atoms with Crippen molar-refractivity contribution < 1.29 is 9.90 Å². The zero-order valence-electron chi connectivity index (χ0n) is 9.31. The van der Waals surface area contributed by atoms with E-state index in [1.807, 2.05) is 0 Å². The van der Waals surface area contributed by atoms with E-state index in [1.165, 1.54) is 25.0 Å². The molecule has 0 atom stereocenters. The summed E-state index contributed by atoms with van der Waals surface area (Å²) in [5.74, 6) is -1.13. The molecule has 0 saturated heterocycles. The summed E-state index contributed by atoms with van der Waals surface area (Å²) < 4.78 is 0. The minimum absolute atomic E-state index is 0.112. The van der Waals surface area contributed by atoms with Gasteiger partial charge in [0.2, 0.25) is 0 Å². The van der Waals surface area contributed by atoms with E-state index in [2.05, 4.69) is 29.9 Å². The normalized spacial score (nSPS) is 10.7. The lowest BCUT2D eigenvalue weighted by atomic mass is 10.5. The van der Waals surface area contributed by atoms with Crippen LogP contribution in [0.15, 0.2) is 35.1 Å². The molecule has 2 N–H and O–H groups in total. The Morgan fingerprint density at radius 1 is 1.11 bits per heavy atom. The molecule has 0 amide bonds. The van der Waals surface area contributed by atoms with E-state index in [0.29, 0.717) is 16.2 Å². The molecule has 9 heteroatoms. The van der Waals surface area contributed by atoms with Crippen LogP contribution in [0.2, 0.25) is 0 Å². The van der Waals surface area contributed by atoms with Crippen molar-refractivity contribution in [2.75, 3.05) is 0 Å². The van der Waals surface area contributed by atoms with Gasteiger partial charge in [0.25, 0.3) is 0 Å². The number of aromatic carboxylic acids is 1. The minimum Gasteiger partial charge on any atom is -0.476 e. The number of nitrogens with one attached hydrogen (secondary N) is 1. The number of carbonyl (C=O) groups is 1. The number of hydrogen-bond donors (Lipinski definition) is 2. The van der Waals surface area contributed by atoms with Gasteiger partial charge in [-0.1, -0.05) is 0 Å². The van der Waals surface area contributed by atoms with Crippen LogP contribution in [-0.2, 0) is 0 Å². The number of imidazole rings is 1. The summed E-state index contributed by atoms with van der Waals surface area (Å²) >= 11 is 1.10. The van der Waals surface area contributed by atoms with Gasteiger partial charge in [-0.3, -0.25) is 0 Å². The Morgan fingerprint density at radius 3 is 2.79 bits per heavy atom. The number of rotatable bonds is 3. The van der Waals surface area contributed by atoms with Crippen LogP contribution in [0.3, 0.4) is 0 Å². The third kappa shape index (κ3) is 2.10. The Bertz CT molecular complexity index is 758. The van der Waals surface area contributed by atoms with Crippen molar-refractivity contribution in [1.82, 2.24) is 29.9 Å². The largest absolute Gasteiger partial charge is 0.476 e. The topological polar surface area (TPSA) is 118 Å². The molecule has 0 saturated carbocycles. The van der Waals surface area contributed by atoms with Crippen LogP contribution >= 0.6 is 11.8 Å². The lowest BCUT2D eigenvalue weighted by molar-refractivity contribution is 0.0685. The number of nitrogens with zero attached hydrogens (tertiary/aromatic N) is 5.